The van der Waals surface area contributed by atoms with E-state index in [4.69, 9.17) is 16.2 Å². The lowest BCUT2D eigenvalue weighted by Gasteiger charge is -2.32. The van der Waals surface area contributed by atoms with Crippen molar-refractivity contribution in [2.45, 2.75) is 31.8 Å². The van der Waals surface area contributed by atoms with Crippen molar-refractivity contribution in [1.82, 2.24) is 4.90 Å². The molecular weight excluding hydrogens is 385 g/mol. The fourth-order valence-corrected chi connectivity index (χ4v) is 4.09. The van der Waals surface area contributed by atoms with E-state index in [1.807, 2.05) is 0 Å². The SMILES string of the molecule is COc1cc(N)c(CC2CCN(CCC(O)c3cccc(F)c3)CC2)cc1C(N)=O. The molecule has 1 aliphatic rings. The Morgan fingerprint density at radius 2 is 2.03 bits per heavy atom. The fourth-order valence-electron chi connectivity index (χ4n) is 4.09. The first-order valence-corrected chi connectivity index (χ1v) is 10.3. The largest absolute Gasteiger partial charge is 0.496 e. The molecule has 2 aromatic rings. The highest BCUT2D eigenvalue weighted by molar-refractivity contribution is 5.96. The Bertz CT molecular complexity index is 882. The Morgan fingerprint density at radius 3 is 2.67 bits per heavy atom. The summed E-state index contributed by atoms with van der Waals surface area (Å²) in [5.74, 6) is 0.00525. The molecule has 162 valence electrons. The van der Waals surface area contributed by atoms with Crippen molar-refractivity contribution < 1.29 is 19.0 Å². The first-order valence-electron chi connectivity index (χ1n) is 10.3. The molecular formula is C23H30FN3O3. The third-order valence-electron chi connectivity index (χ3n) is 5.89. The van der Waals surface area contributed by atoms with Crippen molar-refractivity contribution in [2.24, 2.45) is 11.7 Å². The van der Waals surface area contributed by atoms with E-state index in [-0.39, 0.29) is 5.82 Å². The number of aliphatic hydroxyl groups is 1. The summed E-state index contributed by atoms with van der Waals surface area (Å²) in [4.78, 5) is 14.0. The number of nitrogens with two attached hydrogens (primary N) is 2. The topological polar surface area (TPSA) is 102 Å². The molecule has 5 N–H and O–H groups in total. The molecule has 0 radical (unpaired) electrons. The Hall–Kier alpha value is -2.64. The van der Waals surface area contributed by atoms with Gasteiger partial charge in [0.05, 0.1) is 18.8 Å². The van der Waals surface area contributed by atoms with Crippen molar-refractivity contribution in [3.63, 3.8) is 0 Å². The first kappa shape index (κ1) is 22.1. The van der Waals surface area contributed by atoms with Crippen molar-refractivity contribution >= 4 is 11.6 Å². The van der Waals surface area contributed by atoms with E-state index in [2.05, 4.69) is 4.90 Å². The maximum atomic E-state index is 13.3. The van der Waals surface area contributed by atoms with Crippen LogP contribution in [0.3, 0.4) is 0 Å². The summed E-state index contributed by atoms with van der Waals surface area (Å²) in [6, 6.07) is 9.55. The van der Waals surface area contributed by atoms with E-state index >= 15 is 0 Å². The Kier molecular flexibility index (Phi) is 7.29. The number of benzene rings is 2. The van der Waals surface area contributed by atoms with Crippen LogP contribution in [-0.2, 0) is 6.42 Å². The van der Waals surface area contributed by atoms with Gasteiger partial charge in [0, 0.05) is 18.3 Å². The molecule has 0 bridgehead atoms. The van der Waals surface area contributed by atoms with Crippen LogP contribution < -0.4 is 16.2 Å². The summed E-state index contributed by atoms with van der Waals surface area (Å²) in [5.41, 5.74) is 14.1. The summed E-state index contributed by atoms with van der Waals surface area (Å²) >= 11 is 0. The minimum atomic E-state index is -0.662. The van der Waals surface area contributed by atoms with Crippen LogP contribution in [0.5, 0.6) is 5.75 Å². The number of piperidine rings is 1. The maximum absolute atomic E-state index is 13.3. The van der Waals surface area contributed by atoms with Crippen LogP contribution in [0.4, 0.5) is 10.1 Å². The van der Waals surface area contributed by atoms with Gasteiger partial charge in [0.25, 0.3) is 5.91 Å². The molecule has 3 rings (SSSR count). The van der Waals surface area contributed by atoms with Gasteiger partial charge in [0.1, 0.15) is 11.6 Å². The zero-order chi connectivity index (χ0) is 21.7. The number of halogens is 1. The quantitative estimate of drug-likeness (QED) is 0.576. The van der Waals surface area contributed by atoms with E-state index in [9.17, 15) is 14.3 Å². The Balaban J connectivity index is 1.51. The fraction of sp³-hybridized carbons (Fsp3) is 0.435. The monoisotopic (exact) mass is 415 g/mol. The van der Waals surface area contributed by atoms with Crippen LogP contribution >= 0.6 is 0 Å². The van der Waals surface area contributed by atoms with Crippen molar-refractivity contribution in [2.75, 3.05) is 32.5 Å². The van der Waals surface area contributed by atoms with Gasteiger partial charge in [-0.2, -0.15) is 0 Å². The van der Waals surface area contributed by atoms with Gasteiger partial charge in [-0.1, -0.05) is 12.1 Å². The number of nitrogen functional groups attached to an aromatic ring is 1. The van der Waals surface area contributed by atoms with Crippen LogP contribution in [-0.4, -0.2) is 42.7 Å². The number of amides is 1. The van der Waals surface area contributed by atoms with Gasteiger partial charge >= 0.3 is 0 Å². The molecule has 1 atom stereocenters. The van der Waals surface area contributed by atoms with Crippen molar-refractivity contribution in [3.05, 3.63) is 58.9 Å². The van der Waals surface area contributed by atoms with Crippen LogP contribution in [0.2, 0.25) is 0 Å². The highest BCUT2D eigenvalue weighted by Gasteiger charge is 2.22. The molecule has 0 aromatic heterocycles. The average Bonchev–Trinajstić information content (AvgIpc) is 2.74. The van der Waals surface area contributed by atoms with Crippen LogP contribution in [0.25, 0.3) is 0 Å². The van der Waals surface area contributed by atoms with Crippen molar-refractivity contribution in [3.8, 4) is 5.75 Å². The number of hydrogen-bond acceptors (Lipinski definition) is 5. The summed E-state index contributed by atoms with van der Waals surface area (Å²) in [6.45, 7) is 2.62. The zero-order valence-corrected chi connectivity index (χ0v) is 17.3. The lowest BCUT2D eigenvalue weighted by atomic mass is 9.88. The summed E-state index contributed by atoms with van der Waals surface area (Å²) in [6.07, 6.45) is 2.71. The molecule has 6 nitrogen and oxygen atoms in total. The molecule has 1 saturated heterocycles. The van der Waals surface area contributed by atoms with Gasteiger partial charge in [0.2, 0.25) is 0 Å². The molecule has 7 heteroatoms. The summed E-state index contributed by atoms with van der Waals surface area (Å²) in [7, 11) is 1.49. The highest BCUT2D eigenvalue weighted by atomic mass is 19.1. The number of hydrogen-bond donors (Lipinski definition) is 3. The van der Waals surface area contributed by atoms with Crippen LogP contribution in [0.15, 0.2) is 36.4 Å². The Labute approximate surface area is 176 Å². The summed E-state index contributed by atoms with van der Waals surface area (Å²) in [5, 5.41) is 10.3. The second-order valence-corrected chi connectivity index (χ2v) is 7.96. The van der Waals surface area contributed by atoms with Crippen molar-refractivity contribution in [1.29, 1.82) is 0 Å². The third kappa shape index (κ3) is 5.49. The predicted molar refractivity (Wildman–Crippen MR) is 115 cm³/mol. The molecule has 1 aliphatic heterocycles. The minimum Gasteiger partial charge on any atom is -0.496 e. The zero-order valence-electron chi connectivity index (χ0n) is 17.3. The van der Waals surface area contributed by atoms with E-state index in [0.29, 0.717) is 34.9 Å². The van der Waals surface area contributed by atoms with E-state index in [0.717, 1.165) is 44.5 Å². The van der Waals surface area contributed by atoms with Gasteiger partial charge in [-0.05, 0) is 74.0 Å². The van der Waals surface area contributed by atoms with Crippen LogP contribution in [0, 0.1) is 11.7 Å². The number of ether oxygens (including phenoxy) is 1. The smallest absolute Gasteiger partial charge is 0.252 e. The molecule has 0 spiro atoms. The molecule has 1 fully saturated rings. The number of carbonyl (C=O) groups excluding carboxylic acids is 1. The molecule has 0 saturated carbocycles. The number of primary amides is 1. The van der Waals surface area contributed by atoms with Gasteiger partial charge in [0.15, 0.2) is 0 Å². The van der Waals surface area contributed by atoms with Gasteiger partial charge in [-0.3, -0.25) is 4.79 Å². The minimum absolute atomic E-state index is 0.329. The van der Waals surface area contributed by atoms with Gasteiger partial charge < -0.3 is 26.2 Å². The number of rotatable bonds is 8. The number of likely N-dealkylation sites (tertiary alicyclic amines) is 1. The third-order valence-corrected chi connectivity index (χ3v) is 5.89. The predicted octanol–water partition coefficient (Wildman–Crippen LogP) is 2.89. The van der Waals surface area contributed by atoms with Crippen LogP contribution in [0.1, 0.15) is 46.9 Å². The normalized spacial score (nSPS) is 16.4. The molecule has 30 heavy (non-hydrogen) atoms. The summed E-state index contributed by atoms with van der Waals surface area (Å²) < 4.78 is 18.5. The molecule has 1 heterocycles. The van der Waals surface area contributed by atoms with E-state index < -0.39 is 12.0 Å². The number of methoxy groups -OCH3 is 1. The van der Waals surface area contributed by atoms with E-state index in [1.165, 1.54) is 19.2 Å². The molecule has 0 aliphatic carbocycles. The first-order chi connectivity index (χ1) is 14.4. The highest BCUT2D eigenvalue weighted by Crippen LogP contribution is 2.30. The van der Waals surface area contributed by atoms with Gasteiger partial charge in [-0.15, -0.1) is 0 Å². The lowest BCUT2D eigenvalue weighted by Crippen LogP contribution is -2.35. The maximum Gasteiger partial charge on any atom is 0.252 e. The lowest BCUT2D eigenvalue weighted by molar-refractivity contribution is 0.0997. The number of carbonyl (C=O) groups is 1. The second-order valence-electron chi connectivity index (χ2n) is 7.96. The number of anilines is 1. The number of aliphatic hydroxyl groups excluding tert-OH is 1. The average molecular weight is 416 g/mol. The molecule has 1 unspecified atom stereocenters. The molecule has 2 aromatic carbocycles. The van der Waals surface area contributed by atoms with Gasteiger partial charge in [-0.25, -0.2) is 4.39 Å². The standard InChI is InChI=1S/C23H30FN3O3/c1-30-22-14-20(25)17(13-19(22)23(26)29)11-15-5-8-27(9-6-15)10-7-21(28)16-3-2-4-18(24)12-16/h2-4,12-15,21,28H,5-11,25H2,1H3,(H2,26,29). The number of nitrogens with zero attached hydrogens (tertiary/aromatic N) is 1. The molecule has 1 amide bonds. The Morgan fingerprint density at radius 1 is 1.30 bits per heavy atom. The second kappa shape index (κ2) is 9.91. The van der Waals surface area contributed by atoms with E-state index in [1.54, 1.807) is 24.3 Å².